The molecule has 32 heavy (non-hydrogen) atoms. The van der Waals surface area contributed by atoms with E-state index >= 15 is 0 Å². The summed E-state index contributed by atoms with van der Waals surface area (Å²) in [7, 11) is 0. The minimum absolute atomic E-state index is 0.0913. The number of amides is 1. The number of carbonyl (C=O) groups excluding carboxylic acids is 1. The number of thioether (sulfide) groups is 1. The van der Waals surface area contributed by atoms with Crippen LogP contribution in [0.15, 0.2) is 88.8 Å². The van der Waals surface area contributed by atoms with Crippen LogP contribution in [-0.2, 0) is 17.8 Å². The summed E-state index contributed by atoms with van der Waals surface area (Å²) < 4.78 is 1.62. The first-order chi connectivity index (χ1) is 15.6. The summed E-state index contributed by atoms with van der Waals surface area (Å²) in [5.41, 5.74) is 2.60. The van der Waals surface area contributed by atoms with Crippen molar-refractivity contribution in [2.75, 3.05) is 12.3 Å². The number of benzene rings is 3. The number of hydrogen-bond acceptors (Lipinski definition) is 4. The molecule has 0 unspecified atom stereocenters. The second kappa shape index (κ2) is 10.5. The Hall–Kier alpha value is -3.09. The lowest BCUT2D eigenvalue weighted by Gasteiger charge is -2.13. The van der Waals surface area contributed by atoms with Crippen LogP contribution in [0.2, 0.25) is 5.02 Å². The third kappa shape index (κ3) is 5.58. The van der Waals surface area contributed by atoms with Crippen molar-refractivity contribution in [2.45, 2.75) is 18.1 Å². The molecule has 0 aliphatic carbocycles. The van der Waals surface area contributed by atoms with Gasteiger partial charge in [0.25, 0.3) is 5.56 Å². The SMILES string of the molecule is O=C(CSc1nc2ccccc2c(=O)n1Cc1ccc(Cl)cc1)NCCc1ccccc1. The van der Waals surface area contributed by atoms with E-state index < -0.39 is 0 Å². The fraction of sp³-hybridized carbons (Fsp3) is 0.160. The highest BCUT2D eigenvalue weighted by Gasteiger charge is 2.14. The van der Waals surface area contributed by atoms with E-state index in [1.54, 1.807) is 22.8 Å². The fourth-order valence-corrected chi connectivity index (χ4v) is 4.30. The van der Waals surface area contributed by atoms with Crippen LogP contribution in [0.25, 0.3) is 10.9 Å². The zero-order valence-corrected chi connectivity index (χ0v) is 18.9. The molecule has 0 radical (unpaired) electrons. The van der Waals surface area contributed by atoms with Gasteiger partial charge in [-0.1, -0.05) is 78.0 Å². The van der Waals surface area contributed by atoms with E-state index in [-0.39, 0.29) is 17.2 Å². The number of hydrogen-bond donors (Lipinski definition) is 1. The zero-order chi connectivity index (χ0) is 22.3. The van der Waals surface area contributed by atoms with E-state index in [0.29, 0.717) is 34.2 Å². The number of para-hydroxylation sites is 1. The standard InChI is InChI=1S/C25H22ClN3O2S/c26-20-12-10-19(11-13-20)16-29-24(31)21-8-4-5-9-22(21)28-25(29)32-17-23(30)27-15-14-18-6-2-1-3-7-18/h1-13H,14-17H2,(H,27,30). The third-order valence-corrected chi connectivity index (χ3v) is 6.22. The predicted octanol–water partition coefficient (Wildman–Crippen LogP) is 4.55. The topological polar surface area (TPSA) is 64.0 Å². The molecule has 1 heterocycles. The van der Waals surface area contributed by atoms with Gasteiger partial charge in [-0.3, -0.25) is 14.2 Å². The molecular weight excluding hydrogens is 442 g/mol. The predicted molar refractivity (Wildman–Crippen MR) is 130 cm³/mol. The van der Waals surface area contributed by atoms with Crippen molar-refractivity contribution >= 4 is 40.2 Å². The van der Waals surface area contributed by atoms with Crippen molar-refractivity contribution in [3.05, 3.63) is 105 Å². The van der Waals surface area contributed by atoms with Gasteiger partial charge < -0.3 is 5.32 Å². The van der Waals surface area contributed by atoms with Gasteiger partial charge in [-0.25, -0.2) is 4.98 Å². The maximum atomic E-state index is 13.2. The maximum absolute atomic E-state index is 13.2. The Labute approximate surface area is 195 Å². The van der Waals surface area contributed by atoms with Gasteiger partial charge in [0, 0.05) is 11.6 Å². The Bertz CT molecular complexity index is 1270. The Morgan fingerprint density at radius 2 is 1.66 bits per heavy atom. The molecule has 0 spiro atoms. The lowest BCUT2D eigenvalue weighted by molar-refractivity contribution is -0.118. The molecule has 0 atom stereocenters. The smallest absolute Gasteiger partial charge is 0.262 e. The summed E-state index contributed by atoms with van der Waals surface area (Å²) >= 11 is 7.26. The summed E-state index contributed by atoms with van der Waals surface area (Å²) in [6, 6.07) is 24.6. The minimum atomic E-state index is -0.127. The van der Waals surface area contributed by atoms with Crippen molar-refractivity contribution in [3.63, 3.8) is 0 Å². The zero-order valence-electron chi connectivity index (χ0n) is 17.3. The Kier molecular flexibility index (Phi) is 7.24. The van der Waals surface area contributed by atoms with Gasteiger partial charge >= 0.3 is 0 Å². The second-order valence-electron chi connectivity index (χ2n) is 7.30. The largest absolute Gasteiger partial charge is 0.355 e. The van der Waals surface area contributed by atoms with Crippen molar-refractivity contribution in [1.82, 2.24) is 14.9 Å². The molecule has 3 aromatic carbocycles. The first-order valence-electron chi connectivity index (χ1n) is 10.3. The molecule has 4 aromatic rings. The lowest BCUT2D eigenvalue weighted by atomic mass is 10.1. The number of aromatic nitrogens is 2. The molecule has 4 rings (SSSR count). The van der Waals surface area contributed by atoms with Crippen LogP contribution >= 0.6 is 23.4 Å². The van der Waals surface area contributed by atoms with Crippen LogP contribution in [0, 0.1) is 0 Å². The quantitative estimate of drug-likeness (QED) is 0.307. The van der Waals surface area contributed by atoms with Crippen LogP contribution in [0.5, 0.6) is 0 Å². The van der Waals surface area contributed by atoms with Crippen molar-refractivity contribution in [1.29, 1.82) is 0 Å². The summed E-state index contributed by atoms with van der Waals surface area (Å²) in [6.45, 7) is 0.915. The van der Waals surface area contributed by atoms with E-state index in [0.717, 1.165) is 12.0 Å². The molecule has 7 heteroatoms. The number of rotatable bonds is 8. The highest BCUT2D eigenvalue weighted by Crippen LogP contribution is 2.19. The normalized spacial score (nSPS) is 10.9. The van der Waals surface area contributed by atoms with Crippen molar-refractivity contribution in [3.8, 4) is 0 Å². The van der Waals surface area contributed by atoms with Crippen LogP contribution in [0.1, 0.15) is 11.1 Å². The van der Waals surface area contributed by atoms with E-state index in [4.69, 9.17) is 11.6 Å². The van der Waals surface area contributed by atoms with Gasteiger partial charge in [0.05, 0.1) is 23.2 Å². The average Bonchev–Trinajstić information content (AvgIpc) is 2.82. The van der Waals surface area contributed by atoms with Crippen LogP contribution in [0.3, 0.4) is 0 Å². The van der Waals surface area contributed by atoms with Gasteiger partial charge in [-0.15, -0.1) is 0 Å². The van der Waals surface area contributed by atoms with Gasteiger partial charge in [0.2, 0.25) is 5.91 Å². The minimum Gasteiger partial charge on any atom is -0.355 e. The van der Waals surface area contributed by atoms with Gasteiger partial charge in [0.15, 0.2) is 5.16 Å². The molecule has 1 N–H and O–H groups in total. The molecule has 0 saturated carbocycles. The number of halogens is 1. The average molecular weight is 464 g/mol. The molecule has 0 bridgehead atoms. The molecule has 0 saturated heterocycles. The van der Waals surface area contributed by atoms with E-state index in [2.05, 4.69) is 10.3 Å². The van der Waals surface area contributed by atoms with E-state index in [1.807, 2.05) is 60.7 Å². The Morgan fingerprint density at radius 3 is 2.44 bits per heavy atom. The molecule has 0 aliphatic rings. The molecule has 162 valence electrons. The van der Waals surface area contributed by atoms with Crippen molar-refractivity contribution < 1.29 is 4.79 Å². The number of fused-ring (bicyclic) bond motifs is 1. The van der Waals surface area contributed by atoms with Crippen LogP contribution in [-0.4, -0.2) is 27.8 Å². The summed E-state index contributed by atoms with van der Waals surface area (Å²) in [4.78, 5) is 30.2. The lowest BCUT2D eigenvalue weighted by Crippen LogP contribution is -2.28. The van der Waals surface area contributed by atoms with E-state index in [1.165, 1.54) is 17.3 Å². The molecule has 1 aromatic heterocycles. The highest BCUT2D eigenvalue weighted by atomic mass is 35.5. The summed E-state index contributed by atoms with van der Waals surface area (Å²) in [6.07, 6.45) is 0.771. The van der Waals surface area contributed by atoms with Crippen LogP contribution in [0.4, 0.5) is 0 Å². The molecular formula is C25H22ClN3O2S. The van der Waals surface area contributed by atoms with Crippen LogP contribution < -0.4 is 10.9 Å². The highest BCUT2D eigenvalue weighted by molar-refractivity contribution is 7.99. The first kappa shape index (κ1) is 22.1. The van der Waals surface area contributed by atoms with Gasteiger partial charge in [-0.2, -0.15) is 0 Å². The van der Waals surface area contributed by atoms with Gasteiger partial charge in [0.1, 0.15) is 0 Å². The monoisotopic (exact) mass is 463 g/mol. The summed E-state index contributed by atoms with van der Waals surface area (Å²) in [5, 5.41) is 4.65. The first-order valence-corrected chi connectivity index (χ1v) is 11.6. The summed E-state index contributed by atoms with van der Waals surface area (Å²) in [5.74, 6) is 0.0894. The number of nitrogens with one attached hydrogen (secondary N) is 1. The second-order valence-corrected chi connectivity index (χ2v) is 8.68. The Balaban J connectivity index is 1.49. The third-order valence-electron chi connectivity index (χ3n) is 4.99. The van der Waals surface area contributed by atoms with E-state index in [9.17, 15) is 9.59 Å². The maximum Gasteiger partial charge on any atom is 0.262 e. The number of nitrogens with zero attached hydrogens (tertiary/aromatic N) is 2. The number of carbonyl (C=O) groups is 1. The van der Waals surface area contributed by atoms with Gasteiger partial charge in [-0.05, 0) is 41.8 Å². The molecule has 1 amide bonds. The fourth-order valence-electron chi connectivity index (χ4n) is 3.34. The van der Waals surface area contributed by atoms with Crippen molar-refractivity contribution in [2.24, 2.45) is 0 Å². The Morgan fingerprint density at radius 1 is 0.938 bits per heavy atom. The molecule has 0 aliphatic heterocycles. The molecule has 5 nitrogen and oxygen atoms in total. The molecule has 0 fully saturated rings.